The Morgan fingerprint density at radius 3 is 3.09 bits per heavy atom. The molecule has 3 aliphatic heterocycles. The monoisotopic (exact) mass is 355 g/mol. The number of ether oxygens (including phenoxy) is 1. The van der Waals surface area contributed by atoms with Crippen molar-refractivity contribution in [2.75, 3.05) is 32.1 Å². The van der Waals surface area contributed by atoms with Crippen LogP contribution in [0.3, 0.4) is 0 Å². The number of carbonyl (C=O) groups excluding carboxylic acids is 1. The van der Waals surface area contributed by atoms with Crippen molar-refractivity contribution < 1.29 is 9.53 Å². The minimum absolute atomic E-state index is 0. The normalized spacial score (nSPS) is 35.7. The van der Waals surface area contributed by atoms with Gasteiger partial charge in [0.15, 0.2) is 0 Å². The Bertz CT molecular complexity index is 560. The smallest absolute Gasteiger partial charge is 0.238 e. The van der Waals surface area contributed by atoms with Crippen LogP contribution >= 0.6 is 24.2 Å². The summed E-state index contributed by atoms with van der Waals surface area (Å²) < 4.78 is 5.36. The number of thioether (sulfide) groups is 1. The predicted molar refractivity (Wildman–Crippen MR) is 94.9 cm³/mol. The molecule has 4 aliphatic rings. The number of hydrogen-bond donors (Lipinski definition) is 1. The third kappa shape index (κ3) is 2.97. The second-order valence-corrected chi connectivity index (χ2v) is 7.57. The first-order chi connectivity index (χ1) is 10.8. The Morgan fingerprint density at radius 1 is 1.43 bits per heavy atom. The van der Waals surface area contributed by atoms with Gasteiger partial charge in [0.2, 0.25) is 5.91 Å². The number of rotatable bonds is 2. The summed E-state index contributed by atoms with van der Waals surface area (Å²) in [6, 6.07) is 0. The minimum Gasteiger partial charge on any atom is -0.379 e. The molecule has 3 unspecified atom stereocenters. The molecule has 3 heterocycles. The van der Waals surface area contributed by atoms with E-state index in [4.69, 9.17) is 4.74 Å². The molecule has 126 valence electrons. The molecule has 1 spiro atoms. The van der Waals surface area contributed by atoms with Gasteiger partial charge in [-0.3, -0.25) is 15.2 Å². The van der Waals surface area contributed by atoms with E-state index in [1.165, 1.54) is 0 Å². The van der Waals surface area contributed by atoms with Crippen molar-refractivity contribution in [3.05, 3.63) is 23.9 Å². The van der Waals surface area contributed by atoms with Crippen molar-refractivity contribution in [1.29, 1.82) is 0 Å². The largest absolute Gasteiger partial charge is 0.379 e. The van der Waals surface area contributed by atoms with Gasteiger partial charge in [0, 0.05) is 25.1 Å². The van der Waals surface area contributed by atoms with Crippen molar-refractivity contribution in [1.82, 2.24) is 10.4 Å². The summed E-state index contributed by atoms with van der Waals surface area (Å²) in [5.41, 5.74) is 4.26. The molecule has 0 radical (unpaired) electrons. The van der Waals surface area contributed by atoms with Crippen molar-refractivity contribution in [2.24, 2.45) is 16.8 Å². The van der Waals surface area contributed by atoms with Gasteiger partial charge in [0.05, 0.1) is 29.6 Å². The van der Waals surface area contributed by atoms with Crippen LogP contribution in [-0.4, -0.2) is 53.9 Å². The van der Waals surface area contributed by atoms with E-state index >= 15 is 0 Å². The highest BCUT2D eigenvalue weighted by Crippen LogP contribution is 2.56. The molecule has 0 bridgehead atoms. The standard InChI is InChI=1S/C16H21N3O2S.ClH/c20-15(18-19-7-9-21-10-8-19)12-11-22-16-5-2-1-3-14(16)17-6-4-13(12)16;/h1-3,6,12-13H,4-5,7-11H2,(H,18,20);1H. The lowest BCUT2D eigenvalue weighted by molar-refractivity contribution is -0.132. The Morgan fingerprint density at radius 2 is 2.26 bits per heavy atom. The Kier molecular flexibility index (Phi) is 5.16. The molecule has 0 aromatic rings. The number of allylic oxidation sites excluding steroid dienone is 3. The van der Waals surface area contributed by atoms with E-state index in [9.17, 15) is 4.79 Å². The van der Waals surface area contributed by atoms with E-state index < -0.39 is 0 Å². The summed E-state index contributed by atoms with van der Waals surface area (Å²) in [6.07, 6.45) is 10.3. The zero-order valence-corrected chi connectivity index (χ0v) is 14.6. The number of nitrogens with one attached hydrogen (secondary N) is 1. The van der Waals surface area contributed by atoms with Crippen molar-refractivity contribution >= 4 is 36.3 Å². The summed E-state index contributed by atoms with van der Waals surface area (Å²) in [5.74, 6) is 1.47. The lowest BCUT2D eigenvalue weighted by atomic mass is 9.74. The van der Waals surface area contributed by atoms with Gasteiger partial charge in [0.25, 0.3) is 0 Å². The average Bonchev–Trinajstić information content (AvgIpc) is 2.93. The first-order valence-corrected chi connectivity index (χ1v) is 8.95. The fourth-order valence-corrected chi connectivity index (χ4v) is 5.67. The highest BCUT2D eigenvalue weighted by molar-refractivity contribution is 8.01. The maximum atomic E-state index is 12.8. The molecule has 2 saturated heterocycles. The average molecular weight is 356 g/mol. The number of amides is 1. The van der Waals surface area contributed by atoms with Crippen LogP contribution in [0.15, 0.2) is 28.9 Å². The topological polar surface area (TPSA) is 53.9 Å². The van der Waals surface area contributed by atoms with Gasteiger partial charge < -0.3 is 4.74 Å². The van der Waals surface area contributed by atoms with Gasteiger partial charge in [-0.1, -0.05) is 12.2 Å². The molecule has 0 saturated carbocycles. The molecule has 23 heavy (non-hydrogen) atoms. The number of hydrazine groups is 1. The fraction of sp³-hybridized carbons (Fsp3) is 0.625. The third-order valence-electron chi connectivity index (χ3n) is 5.06. The SMILES string of the molecule is Cl.O=C(NN1CCOCC1)C1CSC23CC=CC=C2N=CCC13. The summed E-state index contributed by atoms with van der Waals surface area (Å²) in [4.78, 5) is 17.4. The van der Waals surface area contributed by atoms with Crippen LogP contribution in [0.2, 0.25) is 0 Å². The van der Waals surface area contributed by atoms with E-state index in [0.29, 0.717) is 19.1 Å². The van der Waals surface area contributed by atoms with E-state index in [-0.39, 0.29) is 29.0 Å². The van der Waals surface area contributed by atoms with Gasteiger partial charge >= 0.3 is 0 Å². The van der Waals surface area contributed by atoms with E-state index in [1.807, 2.05) is 23.0 Å². The third-order valence-corrected chi connectivity index (χ3v) is 6.78. The van der Waals surface area contributed by atoms with Gasteiger partial charge in [-0.2, -0.15) is 0 Å². The van der Waals surface area contributed by atoms with Crippen LogP contribution in [0.25, 0.3) is 0 Å². The lowest BCUT2D eigenvalue weighted by Crippen LogP contribution is -2.52. The number of halogens is 1. The van der Waals surface area contributed by atoms with Crippen LogP contribution in [0, 0.1) is 11.8 Å². The molecule has 0 aromatic carbocycles. The van der Waals surface area contributed by atoms with Crippen LogP contribution in [-0.2, 0) is 9.53 Å². The highest BCUT2D eigenvalue weighted by atomic mass is 35.5. The number of carbonyl (C=O) groups is 1. The molecule has 1 N–H and O–H groups in total. The molecular formula is C16H22ClN3O2S. The maximum Gasteiger partial charge on any atom is 0.238 e. The molecule has 7 heteroatoms. The number of nitrogens with zero attached hydrogens (tertiary/aromatic N) is 2. The number of hydrogen-bond acceptors (Lipinski definition) is 5. The molecule has 0 aromatic heterocycles. The van der Waals surface area contributed by atoms with Crippen molar-refractivity contribution in [3.8, 4) is 0 Å². The van der Waals surface area contributed by atoms with Crippen LogP contribution < -0.4 is 5.43 Å². The summed E-state index contributed by atoms with van der Waals surface area (Å²) in [7, 11) is 0. The van der Waals surface area contributed by atoms with Crippen molar-refractivity contribution in [2.45, 2.75) is 17.6 Å². The van der Waals surface area contributed by atoms with E-state index in [1.54, 1.807) is 0 Å². The van der Waals surface area contributed by atoms with E-state index in [2.05, 4.69) is 28.6 Å². The molecule has 2 fully saturated rings. The van der Waals surface area contributed by atoms with Crippen LogP contribution in [0.1, 0.15) is 12.8 Å². The molecule has 5 nitrogen and oxygen atoms in total. The molecule has 1 amide bonds. The maximum absolute atomic E-state index is 12.8. The first kappa shape index (κ1) is 17.0. The summed E-state index contributed by atoms with van der Waals surface area (Å²) in [5, 5.41) is 2.00. The Balaban J connectivity index is 0.00000156. The zero-order valence-electron chi connectivity index (χ0n) is 12.9. The summed E-state index contributed by atoms with van der Waals surface area (Å²) in [6.45, 7) is 2.93. The predicted octanol–water partition coefficient (Wildman–Crippen LogP) is 1.81. The quantitative estimate of drug-likeness (QED) is 0.820. The second-order valence-electron chi connectivity index (χ2n) is 6.22. The zero-order chi connectivity index (χ0) is 15.0. The minimum atomic E-state index is 0. The fourth-order valence-electron chi connectivity index (χ4n) is 3.85. The Hall–Kier alpha value is -0.820. The molecule has 4 rings (SSSR count). The van der Waals surface area contributed by atoms with Crippen LogP contribution in [0.5, 0.6) is 0 Å². The van der Waals surface area contributed by atoms with Gasteiger partial charge in [-0.25, -0.2) is 5.01 Å². The highest BCUT2D eigenvalue weighted by Gasteiger charge is 2.54. The van der Waals surface area contributed by atoms with E-state index in [0.717, 1.165) is 37.4 Å². The first-order valence-electron chi connectivity index (χ1n) is 7.96. The van der Waals surface area contributed by atoms with Gasteiger partial charge in [-0.15, -0.1) is 24.2 Å². The number of aliphatic imine (C=N–C) groups is 1. The summed E-state index contributed by atoms with van der Waals surface area (Å²) >= 11 is 1.92. The molecular weight excluding hydrogens is 334 g/mol. The van der Waals surface area contributed by atoms with Gasteiger partial charge in [-0.05, 0) is 24.8 Å². The van der Waals surface area contributed by atoms with Gasteiger partial charge in [0.1, 0.15) is 0 Å². The lowest BCUT2D eigenvalue weighted by Gasteiger charge is -2.39. The van der Waals surface area contributed by atoms with Crippen molar-refractivity contribution in [3.63, 3.8) is 0 Å². The van der Waals surface area contributed by atoms with Crippen LogP contribution in [0.4, 0.5) is 0 Å². The second kappa shape index (κ2) is 6.97. The number of morpholine rings is 1. The Labute approximate surface area is 147 Å². The molecule has 1 aliphatic carbocycles. The molecule has 3 atom stereocenters.